The second-order valence-electron chi connectivity index (χ2n) is 20.1. The van der Waals surface area contributed by atoms with Crippen LogP contribution in [0.3, 0.4) is 0 Å². The van der Waals surface area contributed by atoms with Gasteiger partial charge in [0.2, 0.25) is 0 Å². The number of ether oxygens (including phenoxy) is 2. The highest BCUT2D eigenvalue weighted by molar-refractivity contribution is 5.31. The van der Waals surface area contributed by atoms with Crippen LogP contribution in [0.1, 0.15) is 220 Å². The summed E-state index contributed by atoms with van der Waals surface area (Å²) in [7, 11) is 0. The fourth-order valence-electron chi connectivity index (χ4n) is 10.7. The number of hydrogen-bond acceptors (Lipinski definition) is 2. The molecule has 2 aliphatic carbocycles. The first kappa shape index (κ1) is 54.1. The Morgan fingerprint density at radius 3 is 0.910 bits per heavy atom. The zero-order valence-electron chi connectivity index (χ0n) is 41.5. The summed E-state index contributed by atoms with van der Waals surface area (Å²) in [4.78, 5) is 0. The van der Waals surface area contributed by atoms with Crippen molar-refractivity contribution < 1.29 is 27.0 Å². The van der Waals surface area contributed by atoms with E-state index in [1.54, 1.807) is 24.3 Å². The van der Waals surface area contributed by atoms with E-state index in [0.29, 0.717) is 0 Å². The van der Waals surface area contributed by atoms with Crippen LogP contribution in [0.25, 0.3) is 0 Å². The summed E-state index contributed by atoms with van der Waals surface area (Å²) in [6.07, 6.45) is 38.8. The van der Waals surface area contributed by atoms with Crippen LogP contribution >= 0.6 is 0 Å². The third-order valence-corrected chi connectivity index (χ3v) is 15.0. The minimum Gasteiger partial charge on any atom is -0.435 e. The average molecular weight is 927 g/mol. The molecule has 0 amide bonds. The normalized spacial score (nSPS) is 18.4. The topological polar surface area (TPSA) is 18.5 Å². The van der Waals surface area contributed by atoms with Crippen molar-refractivity contribution in [2.75, 3.05) is 0 Å². The van der Waals surface area contributed by atoms with Crippen molar-refractivity contribution in [1.29, 1.82) is 0 Å². The van der Waals surface area contributed by atoms with E-state index in [0.717, 1.165) is 60.5 Å². The summed E-state index contributed by atoms with van der Waals surface area (Å²) in [5, 5.41) is 0. The van der Waals surface area contributed by atoms with Gasteiger partial charge in [-0.25, -0.2) is 0 Å². The first-order chi connectivity index (χ1) is 32.8. The number of hydrogen-bond donors (Lipinski definition) is 0. The Morgan fingerprint density at radius 2 is 0.627 bits per heavy atom. The van der Waals surface area contributed by atoms with Gasteiger partial charge in [0.1, 0.15) is 11.5 Å². The van der Waals surface area contributed by atoms with Gasteiger partial charge in [-0.15, -0.1) is 0 Å². The van der Waals surface area contributed by atoms with E-state index in [4.69, 9.17) is 0 Å². The Hall–Kier alpha value is -3.80. The Labute approximate surface area is 404 Å². The van der Waals surface area contributed by atoms with Crippen molar-refractivity contribution in [1.82, 2.24) is 0 Å². The average Bonchev–Trinajstić information content (AvgIpc) is 3.35. The summed E-state index contributed by atoms with van der Waals surface area (Å²) in [5.41, 5.74) is 7.95. The maximum atomic E-state index is 12.3. The van der Waals surface area contributed by atoms with Crippen LogP contribution in [-0.4, -0.2) is 13.2 Å². The van der Waals surface area contributed by atoms with E-state index in [-0.39, 0.29) is 11.5 Å². The minimum absolute atomic E-state index is 0.218. The molecule has 6 heteroatoms. The Bertz CT molecular complexity index is 1810. The maximum Gasteiger partial charge on any atom is 0.387 e. The van der Waals surface area contributed by atoms with Crippen LogP contribution in [0, 0.1) is 11.8 Å². The van der Waals surface area contributed by atoms with Crippen LogP contribution in [0.2, 0.25) is 0 Å². The van der Waals surface area contributed by atoms with Gasteiger partial charge in [0.05, 0.1) is 0 Å². The lowest BCUT2D eigenvalue weighted by molar-refractivity contribution is -0.0505. The molecule has 2 aliphatic rings. The molecular weight excluding hydrogens is 841 g/mol. The SMILES string of the molecule is CCCCCCCCCC1CCC(c2ccc(CCc3ccc(OC(F)F)cc3)cc2)CC1.CCCCCCCCCCC1CCC(c2ccc(CCc3ccc(OC(F)F)cc3)cc2)CC1. The van der Waals surface area contributed by atoms with Crippen molar-refractivity contribution in [2.45, 2.75) is 225 Å². The van der Waals surface area contributed by atoms with Gasteiger partial charge in [0.15, 0.2) is 0 Å². The summed E-state index contributed by atoms with van der Waals surface area (Å²) in [5.74, 6) is 3.80. The van der Waals surface area contributed by atoms with Gasteiger partial charge in [-0.1, -0.05) is 196 Å². The number of halogens is 4. The lowest BCUT2D eigenvalue weighted by atomic mass is 9.77. The van der Waals surface area contributed by atoms with E-state index in [1.807, 2.05) is 24.3 Å². The largest absolute Gasteiger partial charge is 0.435 e. The molecule has 0 radical (unpaired) electrons. The van der Waals surface area contributed by atoms with Crippen LogP contribution in [0.5, 0.6) is 11.5 Å². The molecule has 0 heterocycles. The summed E-state index contributed by atoms with van der Waals surface area (Å²) < 4.78 is 57.9. The molecule has 2 nitrogen and oxygen atoms in total. The van der Waals surface area contributed by atoms with E-state index in [2.05, 4.69) is 71.9 Å². The number of unbranched alkanes of at least 4 members (excludes halogenated alkanes) is 13. The van der Waals surface area contributed by atoms with Crippen LogP contribution < -0.4 is 9.47 Å². The second kappa shape index (κ2) is 32.1. The van der Waals surface area contributed by atoms with Crippen LogP contribution in [0.4, 0.5) is 17.6 Å². The Kier molecular flexibility index (Phi) is 25.9. The lowest BCUT2D eigenvalue weighted by Gasteiger charge is -2.29. The summed E-state index contributed by atoms with van der Waals surface area (Å²) >= 11 is 0. The van der Waals surface area contributed by atoms with Crippen molar-refractivity contribution >= 4 is 0 Å². The lowest BCUT2D eigenvalue weighted by Crippen LogP contribution is -2.13. The molecule has 0 saturated heterocycles. The molecule has 0 spiro atoms. The first-order valence-electron chi connectivity index (χ1n) is 27.0. The number of rotatable bonds is 29. The third kappa shape index (κ3) is 22.0. The number of alkyl halides is 4. The van der Waals surface area contributed by atoms with Gasteiger partial charge in [-0.3, -0.25) is 0 Å². The molecule has 67 heavy (non-hydrogen) atoms. The van der Waals surface area contributed by atoms with Gasteiger partial charge < -0.3 is 9.47 Å². The molecule has 0 unspecified atom stereocenters. The van der Waals surface area contributed by atoms with Crippen molar-refractivity contribution in [3.63, 3.8) is 0 Å². The minimum atomic E-state index is -2.77. The Morgan fingerprint density at radius 1 is 0.358 bits per heavy atom. The predicted molar refractivity (Wildman–Crippen MR) is 273 cm³/mol. The highest BCUT2D eigenvalue weighted by Crippen LogP contribution is 2.39. The highest BCUT2D eigenvalue weighted by atomic mass is 19.3. The molecule has 370 valence electrons. The molecule has 0 aromatic heterocycles. The van der Waals surface area contributed by atoms with E-state index in [9.17, 15) is 17.6 Å². The smallest absolute Gasteiger partial charge is 0.387 e. The molecular formula is C61H86F4O2. The molecule has 0 aliphatic heterocycles. The highest BCUT2D eigenvalue weighted by Gasteiger charge is 2.23. The molecule has 0 N–H and O–H groups in total. The maximum absolute atomic E-state index is 12.3. The third-order valence-electron chi connectivity index (χ3n) is 15.0. The first-order valence-corrected chi connectivity index (χ1v) is 27.0. The fourth-order valence-corrected chi connectivity index (χ4v) is 10.7. The van der Waals surface area contributed by atoms with E-state index < -0.39 is 13.2 Å². The Balaban J connectivity index is 0.000000251. The molecule has 4 aromatic rings. The monoisotopic (exact) mass is 927 g/mol. The summed E-state index contributed by atoms with van der Waals surface area (Å²) in [6, 6.07) is 32.4. The molecule has 0 bridgehead atoms. The number of aryl methyl sites for hydroxylation is 4. The molecule has 6 rings (SSSR count). The van der Waals surface area contributed by atoms with Gasteiger partial charge in [-0.05, 0) is 158 Å². The standard InChI is InChI=1S/C31H44F2O.C30H42F2O/c1-2-3-4-5-6-7-8-9-10-25-13-19-28(20-14-25)29-21-15-26(16-22-29)11-12-27-17-23-30(24-18-27)34-31(32)33;1-2-3-4-5-6-7-8-9-24-12-18-27(19-13-24)28-20-14-25(15-21-28)10-11-26-16-22-29(23-17-26)33-30(31)32/h15-18,21-25,28,31H,2-14,19-20H2,1H3;14-17,20-24,27,30H,2-13,18-19H2,1H3. The van der Waals surface area contributed by atoms with Gasteiger partial charge in [-0.2, -0.15) is 17.6 Å². The molecule has 4 aromatic carbocycles. The second-order valence-corrected chi connectivity index (χ2v) is 20.1. The van der Waals surface area contributed by atoms with E-state index >= 15 is 0 Å². The summed E-state index contributed by atoms with van der Waals surface area (Å²) in [6.45, 7) is -0.969. The molecule has 2 saturated carbocycles. The van der Waals surface area contributed by atoms with E-state index in [1.165, 1.54) is 183 Å². The van der Waals surface area contributed by atoms with Crippen LogP contribution in [-0.2, 0) is 25.7 Å². The molecule has 0 atom stereocenters. The predicted octanol–water partition coefficient (Wildman–Crippen LogP) is 19.4. The van der Waals surface area contributed by atoms with Gasteiger partial charge >= 0.3 is 13.2 Å². The van der Waals surface area contributed by atoms with Gasteiger partial charge in [0.25, 0.3) is 0 Å². The van der Waals surface area contributed by atoms with Crippen LogP contribution in [0.15, 0.2) is 97.1 Å². The van der Waals surface area contributed by atoms with Crippen molar-refractivity contribution in [3.8, 4) is 11.5 Å². The zero-order chi connectivity index (χ0) is 47.3. The molecule has 2 fully saturated rings. The number of benzene rings is 4. The fraction of sp³-hybridized carbons (Fsp3) is 0.607. The zero-order valence-corrected chi connectivity index (χ0v) is 41.5. The quantitative estimate of drug-likeness (QED) is 0.0399. The van der Waals surface area contributed by atoms with Gasteiger partial charge in [0, 0.05) is 0 Å². The van der Waals surface area contributed by atoms with Crippen molar-refractivity contribution in [3.05, 3.63) is 130 Å². The van der Waals surface area contributed by atoms with Crippen molar-refractivity contribution in [2.24, 2.45) is 11.8 Å².